The maximum Gasteiger partial charge on any atom is 0.229 e. The lowest BCUT2D eigenvalue weighted by Crippen LogP contribution is -2.74. The van der Waals surface area contributed by atoms with Crippen LogP contribution >= 0.6 is 7.92 Å². The number of rotatable bonds is 9. The summed E-state index contributed by atoms with van der Waals surface area (Å²) < 4.78 is 324. The van der Waals surface area contributed by atoms with Crippen LogP contribution < -0.4 is 32.5 Å². The van der Waals surface area contributed by atoms with E-state index in [1.54, 1.807) is 65.8 Å². The molecule has 7 aromatic rings. The molecule has 74 heavy (non-hydrogen) atoms. The van der Waals surface area contributed by atoms with Gasteiger partial charge in [-0.15, -0.1) is 0 Å². The van der Waals surface area contributed by atoms with E-state index >= 15 is 87.8 Å². The smallest absolute Gasteiger partial charge is 0.204 e. The molecule has 1 aliphatic rings. The van der Waals surface area contributed by atoms with Crippen LogP contribution in [-0.2, 0) is 5.21 Å². The maximum absolute atomic E-state index is 17.0. The number of aryl methyl sites for hydroxylation is 6. The molecule has 0 bridgehead atoms. The molecule has 0 saturated carbocycles. The third kappa shape index (κ3) is 7.81. The molecule has 0 saturated heterocycles. The molecule has 0 amide bonds. The lowest BCUT2D eigenvalue weighted by Gasteiger charge is -2.44. The fourth-order valence-electron chi connectivity index (χ4n) is 11.0. The fourth-order valence-corrected chi connectivity index (χ4v) is 14.7. The van der Waals surface area contributed by atoms with Crippen molar-refractivity contribution in [2.24, 2.45) is 0 Å². The van der Waals surface area contributed by atoms with Gasteiger partial charge >= 0.3 is 0 Å². The van der Waals surface area contributed by atoms with Gasteiger partial charge in [0.05, 0.1) is 0 Å². The van der Waals surface area contributed by atoms with Crippen LogP contribution in [-0.4, -0.2) is 13.4 Å². The monoisotopic (exact) mass is 1070 g/mol. The zero-order valence-corrected chi connectivity index (χ0v) is 39.5. The zero-order chi connectivity index (χ0) is 54.8. The van der Waals surface area contributed by atoms with Gasteiger partial charge in [0, 0.05) is 27.5 Å². The van der Waals surface area contributed by atoms with E-state index < -0.39 is 188 Å². The Morgan fingerprint density at radius 3 is 0.838 bits per heavy atom. The molecular formula is C51H29B2F20P. The minimum absolute atomic E-state index is 0.296. The van der Waals surface area contributed by atoms with Crippen LogP contribution in [0, 0.1) is 158 Å². The van der Waals surface area contributed by atoms with Crippen molar-refractivity contribution < 1.29 is 87.8 Å². The molecule has 0 heterocycles. The van der Waals surface area contributed by atoms with Gasteiger partial charge in [0.15, 0.2) is 116 Å². The summed E-state index contributed by atoms with van der Waals surface area (Å²) in [5.74, 6) is -62.9. The summed E-state index contributed by atoms with van der Waals surface area (Å²) in [5, 5.41) is -3.64. The van der Waals surface area contributed by atoms with Gasteiger partial charge < -0.3 is 0 Å². The van der Waals surface area contributed by atoms with E-state index in [4.69, 9.17) is 0 Å². The predicted molar refractivity (Wildman–Crippen MR) is 238 cm³/mol. The molecule has 1 atom stereocenters. The highest BCUT2D eigenvalue weighted by atomic mass is 31.1. The summed E-state index contributed by atoms with van der Waals surface area (Å²) in [6.07, 6.45) is -1.69. The standard InChI is InChI=1S/C51H29B2F20P/c1-16-11-18(3)49(19(4)12-16)74(50-20(5)13-17(2)14-21(50)6)24-15-51(23-10-8-7-9-22(23)24,52(25-29(54)37(62)45(70)38(63)30(25)55)26-31(56)39(64)46(71)40(65)32(26)57)53(27-33(58)41(66)47(72)42(67)34(27)59)28-35(60)43(68)48(73)44(69)36(28)61/h7-14,24H,15H2,1-6H3/t24-/m1/s1. The maximum atomic E-state index is 17.0. The van der Waals surface area contributed by atoms with Crippen LogP contribution in [0.3, 0.4) is 0 Å². The van der Waals surface area contributed by atoms with E-state index in [0.29, 0.717) is 50.1 Å². The van der Waals surface area contributed by atoms with Gasteiger partial charge in [0.2, 0.25) is 13.4 Å². The van der Waals surface area contributed by atoms with Crippen LogP contribution in [0.2, 0.25) is 0 Å². The Morgan fingerprint density at radius 2 is 0.581 bits per heavy atom. The fraction of sp³-hybridized carbons (Fsp3) is 0.176. The first kappa shape index (κ1) is 54.0. The van der Waals surface area contributed by atoms with Crippen LogP contribution in [0.15, 0.2) is 48.5 Å². The number of fused-ring (bicyclic) bond motifs is 1. The van der Waals surface area contributed by atoms with E-state index in [1.807, 2.05) is 0 Å². The molecule has 1 aliphatic carbocycles. The summed E-state index contributed by atoms with van der Waals surface area (Å²) in [5.41, 5.74) is -11.6. The molecule has 7 aromatic carbocycles. The third-order valence-electron chi connectivity index (χ3n) is 13.6. The average Bonchev–Trinajstić information content (AvgIpc) is 3.69. The second kappa shape index (κ2) is 19.1. The normalized spacial score (nSPS) is 14.1. The first-order valence-electron chi connectivity index (χ1n) is 21.7. The van der Waals surface area contributed by atoms with E-state index in [0.717, 1.165) is 18.2 Å². The summed E-state index contributed by atoms with van der Waals surface area (Å²) in [6, 6.07) is 10.1. The lowest BCUT2D eigenvalue weighted by atomic mass is 9.07. The highest BCUT2D eigenvalue weighted by Gasteiger charge is 2.65. The van der Waals surface area contributed by atoms with Crippen molar-refractivity contribution in [3.05, 3.63) is 209 Å². The molecule has 0 fully saturated rings. The molecule has 0 spiro atoms. The van der Waals surface area contributed by atoms with Crippen molar-refractivity contribution >= 4 is 53.8 Å². The summed E-state index contributed by atoms with van der Waals surface area (Å²) in [6.45, 7) is 1.23. The molecule has 8 rings (SSSR count). The third-order valence-corrected chi connectivity index (χ3v) is 17.0. The van der Waals surface area contributed by atoms with Gasteiger partial charge in [-0.25, -0.2) is 87.8 Å². The van der Waals surface area contributed by atoms with E-state index in [1.165, 1.54) is 0 Å². The van der Waals surface area contributed by atoms with Crippen molar-refractivity contribution in [3.8, 4) is 0 Å². The quantitative estimate of drug-likeness (QED) is 0.0444. The van der Waals surface area contributed by atoms with Crippen molar-refractivity contribution in [3.63, 3.8) is 0 Å². The van der Waals surface area contributed by atoms with Crippen molar-refractivity contribution in [2.45, 2.75) is 58.8 Å². The van der Waals surface area contributed by atoms with Gasteiger partial charge in [-0.3, -0.25) is 0 Å². The van der Waals surface area contributed by atoms with E-state index in [2.05, 4.69) is 0 Å². The van der Waals surface area contributed by atoms with Gasteiger partial charge in [0.25, 0.3) is 0 Å². The number of halogens is 20. The Kier molecular flexibility index (Phi) is 13.9. The molecule has 0 radical (unpaired) electrons. The molecule has 0 aliphatic heterocycles. The van der Waals surface area contributed by atoms with Gasteiger partial charge in [-0.2, -0.15) is 0 Å². The zero-order valence-electron chi connectivity index (χ0n) is 38.6. The molecule has 0 N–H and O–H groups in total. The lowest BCUT2D eigenvalue weighted by molar-refractivity contribution is 0.380. The van der Waals surface area contributed by atoms with Crippen LogP contribution in [0.5, 0.6) is 0 Å². The van der Waals surface area contributed by atoms with E-state index in [-0.39, 0.29) is 0 Å². The topological polar surface area (TPSA) is 0 Å². The summed E-state index contributed by atoms with van der Waals surface area (Å²) in [4.78, 5) is 0. The van der Waals surface area contributed by atoms with Gasteiger partial charge in [0.1, 0.15) is 0 Å². The first-order valence-corrected chi connectivity index (χ1v) is 23.1. The minimum Gasteiger partial charge on any atom is -0.204 e. The number of benzene rings is 7. The Balaban J connectivity index is 1.76. The Bertz CT molecular complexity index is 3060. The molecule has 384 valence electrons. The average molecular weight is 1070 g/mol. The number of hydrogen-bond acceptors (Lipinski definition) is 0. The van der Waals surface area contributed by atoms with Crippen LogP contribution in [0.1, 0.15) is 56.6 Å². The Morgan fingerprint density at radius 1 is 0.351 bits per heavy atom. The van der Waals surface area contributed by atoms with Crippen molar-refractivity contribution in [1.29, 1.82) is 0 Å². The Labute approximate surface area is 409 Å². The molecule has 23 heteroatoms. The van der Waals surface area contributed by atoms with Gasteiger partial charge in [-0.1, -0.05) is 65.2 Å². The van der Waals surface area contributed by atoms with Gasteiger partial charge in [-0.05, 0) is 99.5 Å². The second-order valence-corrected chi connectivity index (χ2v) is 20.3. The molecule has 0 nitrogen and oxygen atoms in total. The molecular weight excluding hydrogens is 1050 g/mol. The second-order valence-electron chi connectivity index (χ2n) is 18.0. The highest BCUT2D eigenvalue weighted by molar-refractivity contribution is 7.73. The summed E-state index contributed by atoms with van der Waals surface area (Å²) in [7, 11) is -2.54. The SMILES string of the molecule is Cc1cc(C)c(P(c2c(C)cc(C)cc2C)[C@@H]2CC(B(c3c(F)c(F)c(F)c(F)c3F)c3c(F)c(F)c(F)c(F)c3F)(B(c3c(F)c(F)c(F)c(F)c3F)c3c(F)c(F)c(F)c(F)c3F)c3ccccc32)c(C)c1. The highest BCUT2D eigenvalue weighted by Crippen LogP contribution is 2.63. The molecule has 0 unspecified atom stereocenters. The van der Waals surface area contributed by atoms with Crippen LogP contribution in [0.25, 0.3) is 0 Å². The predicted octanol–water partition coefficient (Wildman–Crippen LogP) is 11.8. The van der Waals surface area contributed by atoms with Crippen molar-refractivity contribution in [2.75, 3.05) is 0 Å². The first-order chi connectivity index (χ1) is 34.6. The van der Waals surface area contributed by atoms with Crippen LogP contribution in [0.4, 0.5) is 87.8 Å². The largest absolute Gasteiger partial charge is 0.229 e. The number of hydrogen-bond donors (Lipinski definition) is 0. The van der Waals surface area contributed by atoms with E-state index in [9.17, 15) is 0 Å². The minimum atomic E-state index is -4.23. The molecule has 0 aromatic heterocycles. The Hall–Kier alpha value is -6.30. The summed E-state index contributed by atoms with van der Waals surface area (Å²) >= 11 is 0. The van der Waals surface area contributed by atoms with Crippen molar-refractivity contribution in [1.82, 2.24) is 0 Å².